The molecular weight excluding hydrogens is 957 g/mol. The van der Waals surface area contributed by atoms with Gasteiger partial charge < -0.3 is 89.5 Å². The Balaban J connectivity index is 1.53. The number of nitrogens with two attached hydrogens (primary N) is 1. The third-order valence-electron chi connectivity index (χ3n) is 11.2. The topological polar surface area (TPSA) is 293 Å². The average Bonchev–Trinajstić information content (AvgIpc) is 3.21. The van der Waals surface area contributed by atoms with Crippen molar-refractivity contribution in [1.29, 1.82) is 0 Å². The van der Waals surface area contributed by atoms with Crippen LogP contribution in [0, 0.1) is 0 Å². The number of rotatable bonds is 11. The highest BCUT2D eigenvalue weighted by atomic mass is 16.8. The Morgan fingerprint density at radius 3 is 1.53 bits per heavy atom. The van der Waals surface area contributed by atoms with E-state index < -0.39 is 144 Å². The molecule has 14 atom stereocenters. The monoisotopic (exact) mass is 1040 g/mol. The summed E-state index contributed by atoms with van der Waals surface area (Å²) in [7, 11) is 0. The second kappa shape index (κ2) is 23.8. The average molecular weight is 1040 g/mol. The lowest BCUT2D eigenvalue weighted by atomic mass is 9.83. The molecule has 0 spiro atoms. The molecule has 0 radical (unpaired) electrons. The number of amides is 5. The van der Waals surface area contributed by atoms with E-state index in [1.54, 1.807) is 104 Å². The second-order valence-electron chi connectivity index (χ2n) is 23.7. The van der Waals surface area contributed by atoms with Gasteiger partial charge in [0.2, 0.25) is 0 Å². The maximum atomic E-state index is 13.7. The van der Waals surface area contributed by atoms with Gasteiger partial charge in [-0.25, -0.2) is 24.0 Å². The first-order valence-electron chi connectivity index (χ1n) is 24.9. The van der Waals surface area contributed by atoms with Crippen molar-refractivity contribution >= 4 is 30.5 Å². The minimum Gasteiger partial charge on any atom is -0.444 e. The molecule has 0 aromatic heterocycles. The number of alkyl carbamates (subject to hydrolysis) is 5. The molecule has 3 saturated heterocycles. The van der Waals surface area contributed by atoms with Crippen LogP contribution in [0.3, 0.4) is 0 Å². The smallest absolute Gasteiger partial charge is 0.408 e. The third-order valence-corrected chi connectivity index (χ3v) is 11.2. The summed E-state index contributed by atoms with van der Waals surface area (Å²) in [5.41, 5.74) is 3.27. The summed E-state index contributed by atoms with van der Waals surface area (Å²) < 4.78 is 66.9. The highest BCUT2D eigenvalue weighted by Gasteiger charge is 2.55. The van der Waals surface area contributed by atoms with E-state index >= 15 is 0 Å². The van der Waals surface area contributed by atoms with Gasteiger partial charge in [-0.1, -0.05) is 30.3 Å². The van der Waals surface area contributed by atoms with Crippen LogP contribution in [0.5, 0.6) is 0 Å². The van der Waals surface area contributed by atoms with Crippen molar-refractivity contribution in [2.24, 2.45) is 5.73 Å². The summed E-state index contributed by atoms with van der Waals surface area (Å²) in [6, 6.07) is 3.66. The summed E-state index contributed by atoms with van der Waals surface area (Å²) in [4.78, 5) is 66.9. The van der Waals surface area contributed by atoms with Crippen LogP contribution in [0.4, 0.5) is 24.0 Å². The maximum absolute atomic E-state index is 13.7. The third kappa shape index (κ3) is 18.8. The zero-order valence-electron chi connectivity index (χ0n) is 45.1. The molecule has 4 fully saturated rings. The van der Waals surface area contributed by atoms with Crippen molar-refractivity contribution in [3.8, 4) is 0 Å². The van der Waals surface area contributed by atoms with E-state index in [1.165, 1.54) is 0 Å². The molecular formula is C50H82N6O17. The number of carbonyl (C=O) groups is 5. The first-order valence-corrected chi connectivity index (χ1v) is 24.9. The first kappa shape index (κ1) is 59.1. The standard InChI is InChI=1S/C50H82N6O17/c1-46(2,3)69-41(58)52-24-27-21-22-28(53-42(59)70-47(4,5)6)39(64-27)66-35-29(54-43(60)71-48(7,8)9)23-30(55-44(61)72-49(10,11)12)36(34(35)57)67-40-32(51)33(56-45(62)73-50(13,14)15)37-31(65-40)25-63-38(68-37)26-19-17-16-18-20-26/h16-20,27-40,57H,21-25,51H2,1-15H3,(H,52,58)(H,53,59)(H,54,60)(H,55,61)(H,56,62)/t27-,28+,29-,30+,31+,32+,33+,34-,35+,36-,37+,38?,39+,40+/m0/s1. The van der Waals surface area contributed by atoms with Crippen molar-refractivity contribution in [1.82, 2.24) is 26.6 Å². The highest BCUT2D eigenvalue weighted by Crippen LogP contribution is 2.37. The fourth-order valence-corrected chi connectivity index (χ4v) is 8.47. The molecule has 1 unspecified atom stereocenters. The lowest BCUT2D eigenvalue weighted by Crippen LogP contribution is -2.72. The normalized spacial score (nSPS) is 31.1. The number of hydrogen-bond donors (Lipinski definition) is 7. The Labute approximate surface area is 428 Å². The van der Waals surface area contributed by atoms with Crippen LogP contribution in [-0.4, -0.2) is 156 Å². The van der Waals surface area contributed by atoms with E-state index in [2.05, 4.69) is 26.6 Å². The first-order chi connectivity index (χ1) is 33.6. The van der Waals surface area contributed by atoms with Gasteiger partial charge in [-0.3, -0.25) is 0 Å². The molecule has 1 saturated carbocycles. The summed E-state index contributed by atoms with van der Waals surface area (Å²) in [5, 5.41) is 26.8. The van der Waals surface area contributed by atoms with Crippen molar-refractivity contribution in [2.45, 2.75) is 237 Å². The number of hydrogen-bond acceptors (Lipinski definition) is 18. The molecule has 0 bridgehead atoms. The van der Waals surface area contributed by atoms with Gasteiger partial charge in [-0.2, -0.15) is 0 Å². The van der Waals surface area contributed by atoms with Gasteiger partial charge in [0.05, 0.1) is 42.9 Å². The van der Waals surface area contributed by atoms with Gasteiger partial charge in [-0.15, -0.1) is 0 Å². The molecule has 1 aromatic carbocycles. The number of benzene rings is 1. The van der Waals surface area contributed by atoms with E-state index in [0.717, 1.165) is 0 Å². The molecule has 4 aliphatic rings. The molecule has 3 aliphatic heterocycles. The second-order valence-corrected chi connectivity index (χ2v) is 23.7. The fourth-order valence-electron chi connectivity index (χ4n) is 8.47. The number of aliphatic hydroxyl groups is 1. The lowest BCUT2D eigenvalue weighted by molar-refractivity contribution is -0.341. The van der Waals surface area contributed by atoms with Crippen molar-refractivity contribution in [3.63, 3.8) is 0 Å². The number of carbonyl (C=O) groups excluding carboxylic acids is 5. The van der Waals surface area contributed by atoms with Crippen LogP contribution in [0.1, 0.15) is 135 Å². The fraction of sp³-hybridized carbons (Fsp3) is 0.780. The van der Waals surface area contributed by atoms with Gasteiger partial charge in [0.25, 0.3) is 0 Å². The molecule has 8 N–H and O–H groups in total. The van der Waals surface area contributed by atoms with Gasteiger partial charge in [-0.05, 0) is 123 Å². The summed E-state index contributed by atoms with van der Waals surface area (Å²) in [6.07, 6.45) is -14.5. The highest BCUT2D eigenvalue weighted by molar-refractivity contribution is 5.70. The number of ether oxygens (including phenoxy) is 11. The number of nitrogens with one attached hydrogen (secondary N) is 5. The zero-order chi connectivity index (χ0) is 54.4. The Morgan fingerprint density at radius 2 is 1.04 bits per heavy atom. The van der Waals surface area contributed by atoms with Crippen LogP contribution in [0.15, 0.2) is 30.3 Å². The van der Waals surface area contributed by atoms with Gasteiger partial charge >= 0.3 is 30.5 Å². The molecule has 3 heterocycles. The molecule has 73 heavy (non-hydrogen) atoms. The zero-order valence-corrected chi connectivity index (χ0v) is 45.1. The van der Waals surface area contributed by atoms with Crippen LogP contribution in [0.2, 0.25) is 0 Å². The molecule has 23 heteroatoms. The van der Waals surface area contributed by atoms with E-state index in [1.807, 2.05) is 30.3 Å². The van der Waals surface area contributed by atoms with Crippen molar-refractivity contribution < 1.29 is 81.2 Å². The van der Waals surface area contributed by atoms with E-state index in [0.29, 0.717) is 12.0 Å². The van der Waals surface area contributed by atoms with Gasteiger partial charge in [0.15, 0.2) is 18.9 Å². The molecule has 5 amide bonds. The summed E-state index contributed by atoms with van der Waals surface area (Å²) >= 11 is 0. The Bertz CT molecular complexity index is 2010. The Hall–Kier alpha value is -4.75. The van der Waals surface area contributed by atoms with Crippen molar-refractivity contribution in [2.75, 3.05) is 13.2 Å². The quantitative estimate of drug-likeness (QED) is 0.139. The minimum atomic E-state index is -1.79. The predicted octanol–water partition coefficient (Wildman–Crippen LogP) is 5.29. The number of aliphatic hydroxyl groups excluding tert-OH is 1. The maximum Gasteiger partial charge on any atom is 0.408 e. The Kier molecular flexibility index (Phi) is 19.3. The lowest BCUT2D eigenvalue weighted by Gasteiger charge is -2.51. The van der Waals surface area contributed by atoms with Gasteiger partial charge in [0, 0.05) is 12.1 Å². The molecule has 23 nitrogen and oxygen atoms in total. The molecule has 5 rings (SSSR count). The summed E-state index contributed by atoms with van der Waals surface area (Å²) in [6.45, 7) is 25.4. The Morgan fingerprint density at radius 1 is 0.589 bits per heavy atom. The van der Waals surface area contributed by atoms with E-state index in [4.69, 9.17) is 57.8 Å². The van der Waals surface area contributed by atoms with Crippen LogP contribution in [0.25, 0.3) is 0 Å². The predicted molar refractivity (Wildman–Crippen MR) is 262 cm³/mol. The summed E-state index contributed by atoms with van der Waals surface area (Å²) in [5.74, 6) is 0. The minimum absolute atomic E-state index is 0.0224. The van der Waals surface area contributed by atoms with E-state index in [-0.39, 0.29) is 26.0 Å². The molecule has 414 valence electrons. The van der Waals surface area contributed by atoms with Crippen LogP contribution < -0.4 is 32.3 Å². The molecule has 1 aliphatic carbocycles. The van der Waals surface area contributed by atoms with Crippen LogP contribution >= 0.6 is 0 Å². The largest absolute Gasteiger partial charge is 0.444 e. The van der Waals surface area contributed by atoms with E-state index in [9.17, 15) is 29.1 Å². The van der Waals surface area contributed by atoms with Gasteiger partial charge in [0.1, 0.15) is 58.5 Å². The van der Waals surface area contributed by atoms with Crippen molar-refractivity contribution in [3.05, 3.63) is 35.9 Å². The SMILES string of the molecule is CC(C)(C)OC(=O)NC[C@@H]1CC[C@@H](NC(=O)OC(C)(C)C)[C@@H](O[C@H]2[C@H](O)[C@@H](O[C@H]3O[C@@H]4COC(c5ccccc5)O[C@H]4[C@H](NC(=O)OC(C)(C)C)[C@H]3N)[C@H](NC(=O)OC(C)(C)C)C[C@@H]2NC(=O)OC(C)(C)C)O1. The molecule has 1 aromatic rings. The number of fused-ring (bicyclic) bond motifs is 1. The van der Waals surface area contributed by atoms with Crippen LogP contribution in [-0.2, 0) is 52.1 Å².